The normalized spacial score (nSPS) is 16.8. The number of nitrogens with zero attached hydrogens (tertiary/aromatic N) is 2. The summed E-state index contributed by atoms with van der Waals surface area (Å²) in [6.45, 7) is 4.44. The number of hydrogen-bond donors (Lipinski definition) is 0. The van der Waals surface area contributed by atoms with Gasteiger partial charge >= 0.3 is 0 Å². The van der Waals surface area contributed by atoms with Crippen LogP contribution in [0.25, 0.3) is 0 Å². The first-order chi connectivity index (χ1) is 11.0. The predicted octanol–water partition coefficient (Wildman–Crippen LogP) is 3.74. The van der Waals surface area contributed by atoms with E-state index in [1.807, 2.05) is 24.3 Å². The molecule has 1 aliphatic heterocycles. The van der Waals surface area contributed by atoms with Crippen molar-refractivity contribution in [1.82, 2.24) is 0 Å². The Bertz CT molecular complexity index is 786. The molecule has 0 aromatic heterocycles. The molecule has 2 aromatic rings. The van der Waals surface area contributed by atoms with Gasteiger partial charge in [0.2, 0.25) is 0 Å². The molecule has 0 spiro atoms. The molecule has 2 aromatic carbocycles. The molecule has 0 aliphatic carbocycles. The summed E-state index contributed by atoms with van der Waals surface area (Å²) in [7, 11) is 0. The summed E-state index contributed by atoms with van der Waals surface area (Å²) in [5.74, 6) is 0.273. The third-order valence-electron chi connectivity index (χ3n) is 4.23. The molecule has 5 heteroatoms. The standard InChI is InChI=1S/C18H18N2O3/c1-12-9-14-5-3-4-6-17(14)19(11-12)18(21)15-7-8-16(20(22)23)13(2)10-15/h3-8,10,12H,9,11H2,1-2H3. The summed E-state index contributed by atoms with van der Waals surface area (Å²) < 4.78 is 0. The van der Waals surface area contributed by atoms with Gasteiger partial charge in [0.05, 0.1) is 4.92 Å². The Labute approximate surface area is 134 Å². The fourth-order valence-electron chi connectivity index (χ4n) is 3.14. The number of anilines is 1. The van der Waals surface area contributed by atoms with Gasteiger partial charge in [0.15, 0.2) is 0 Å². The number of amides is 1. The summed E-state index contributed by atoms with van der Waals surface area (Å²) >= 11 is 0. The predicted molar refractivity (Wildman–Crippen MR) is 88.8 cm³/mol. The van der Waals surface area contributed by atoms with Gasteiger partial charge in [-0.25, -0.2) is 0 Å². The summed E-state index contributed by atoms with van der Waals surface area (Å²) in [5.41, 5.74) is 3.12. The van der Waals surface area contributed by atoms with Crippen LogP contribution in [0.2, 0.25) is 0 Å². The Morgan fingerprint density at radius 3 is 2.70 bits per heavy atom. The first-order valence-electron chi connectivity index (χ1n) is 7.62. The van der Waals surface area contributed by atoms with Gasteiger partial charge in [0, 0.05) is 29.4 Å². The highest BCUT2D eigenvalue weighted by Gasteiger charge is 2.27. The van der Waals surface area contributed by atoms with Crippen LogP contribution in [0, 0.1) is 23.0 Å². The maximum Gasteiger partial charge on any atom is 0.272 e. The number of carbonyl (C=O) groups is 1. The van der Waals surface area contributed by atoms with E-state index < -0.39 is 4.92 Å². The van der Waals surface area contributed by atoms with E-state index in [9.17, 15) is 14.9 Å². The molecule has 1 amide bonds. The summed E-state index contributed by atoms with van der Waals surface area (Å²) in [5, 5.41) is 10.9. The third kappa shape index (κ3) is 2.82. The van der Waals surface area contributed by atoms with E-state index in [2.05, 4.69) is 6.92 Å². The Kier molecular flexibility index (Phi) is 3.86. The highest BCUT2D eigenvalue weighted by atomic mass is 16.6. The highest BCUT2D eigenvalue weighted by molar-refractivity contribution is 6.07. The van der Waals surface area contributed by atoms with Crippen LogP contribution in [0.5, 0.6) is 0 Å². The molecule has 0 fully saturated rings. The molecule has 3 rings (SSSR count). The van der Waals surface area contributed by atoms with E-state index in [1.165, 1.54) is 17.7 Å². The van der Waals surface area contributed by atoms with Gasteiger partial charge in [0.25, 0.3) is 11.6 Å². The first kappa shape index (κ1) is 15.2. The van der Waals surface area contributed by atoms with Gasteiger partial charge in [-0.05, 0) is 43.0 Å². The quantitative estimate of drug-likeness (QED) is 0.627. The van der Waals surface area contributed by atoms with Crippen LogP contribution in [0.15, 0.2) is 42.5 Å². The molecular formula is C18H18N2O3. The van der Waals surface area contributed by atoms with Crippen LogP contribution in [0.3, 0.4) is 0 Å². The molecule has 1 unspecified atom stereocenters. The summed E-state index contributed by atoms with van der Waals surface area (Å²) in [6.07, 6.45) is 0.958. The lowest BCUT2D eigenvalue weighted by atomic mass is 9.93. The minimum atomic E-state index is -0.429. The fourth-order valence-corrected chi connectivity index (χ4v) is 3.14. The highest BCUT2D eigenvalue weighted by Crippen LogP contribution is 2.31. The zero-order chi connectivity index (χ0) is 16.6. The molecule has 0 saturated heterocycles. The molecule has 0 N–H and O–H groups in total. The Morgan fingerprint density at radius 2 is 2.00 bits per heavy atom. The van der Waals surface area contributed by atoms with Gasteiger partial charge in [-0.1, -0.05) is 25.1 Å². The molecule has 5 nitrogen and oxygen atoms in total. The van der Waals surface area contributed by atoms with Crippen molar-refractivity contribution in [1.29, 1.82) is 0 Å². The molecule has 0 radical (unpaired) electrons. The van der Waals surface area contributed by atoms with Crippen LogP contribution < -0.4 is 4.90 Å². The number of aryl methyl sites for hydroxylation is 1. The number of fused-ring (bicyclic) bond motifs is 1. The van der Waals surface area contributed by atoms with E-state index >= 15 is 0 Å². The topological polar surface area (TPSA) is 63.5 Å². The van der Waals surface area contributed by atoms with Crippen molar-refractivity contribution in [2.75, 3.05) is 11.4 Å². The fraction of sp³-hybridized carbons (Fsp3) is 0.278. The maximum atomic E-state index is 12.9. The largest absolute Gasteiger partial charge is 0.308 e. The number of nitro groups is 1. The number of hydrogen-bond acceptors (Lipinski definition) is 3. The SMILES string of the molecule is Cc1cc(C(=O)N2CC(C)Cc3ccccc32)ccc1[N+](=O)[O-]. The van der Waals surface area contributed by atoms with Crippen LogP contribution in [-0.4, -0.2) is 17.4 Å². The number of carbonyl (C=O) groups excluding carboxylic acids is 1. The average molecular weight is 310 g/mol. The van der Waals surface area contributed by atoms with Crippen molar-refractivity contribution in [3.05, 3.63) is 69.3 Å². The van der Waals surface area contributed by atoms with Crippen LogP contribution in [0.1, 0.15) is 28.4 Å². The lowest BCUT2D eigenvalue weighted by molar-refractivity contribution is -0.385. The third-order valence-corrected chi connectivity index (χ3v) is 4.23. The van der Waals surface area contributed by atoms with Gasteiger partial charge in [0.1, 0.15) is 0 Å². The number of nitro benzene ring substituents is 1. The Hall–Kier alpha value is -2.69. The molecule has 0 saturated carbocycles. The number of rotatable bonds is 2. The molecule has 1 atom stereocenters. The number of para-hydroxylation sites is 1. The van der Waals surface area contributed by atoms with Crippen molar-refractivity contribution >= 4 is 17.3 Å². The van der Waals surface area contributed by atoms with Crippen LogP contribution in [-0.2, 0) is 6.42 Å². The minimum Gasteiger partial charge on any atom is -0.308 e. The lowest BCUT2D eigenvalue weighted by Crippen LogP contribution is -2.39. The summed E-state index contributed by atoms with van der Waals surface area (Å²) in [6, 6.07) is 12.5. The smallest absolute Gasteiger partial charge is 0.272 e. The molecule has 1 heterocycles. The van der Waals surface area contributed by atoms with Crippen molar-refractivity contribution in [2.24, 2.45) is 5.92 Å². The number of benzene rings is 2. The van der Waals surface area contributed by atoms with Crippen molar-refractivity contribution < 1.29 is 9.72 Å². The van der Waals surface area contributed by atoms with Crippen molar-refractivity contribution in [3.63, 3.8) is 0 Å². The second kappa shape index (κ2) is 5.83. The summed E-state index contributed by atoms with van der Waals surface area (Å²) in [4.78, 5) is 25.2. The van der Waals surface area contributed by atoms with Gasteiger partial charge < -0.3 is 4.90 Å². The minimum absolute atomic E-state index is 0.0361. The van der Waals surface area contributed by atoms with E-state index in [1.54, 1.807) is 17.9 Å². The van der Waals surface area contributed by atoms with Crippen molar-refractivity contribution in [3.8, 4) is 0 Å². The van der Waals surface area contributed by atoms with E-state index in [0.29, 0.717) is 23.6 Å². The maximum absolute atomic E-state index is 12.9. The lowest BCUT2D eigenvalue weighted by Gasteiger charge is -2.33. The van der Waals surface area contributed by atoms with Gasteiger partial charge in [-0.2, -0.15) is 0 Å². The zero-order valence-corrected chi connectivity index (χ0v) is 13.2. The Balaban J connectivity index is 1.98. The molecule has 23 heavy (non-hydrogen) atoms. The first-order valence-corrected chi connectivity index (χ1v) is 7.62. The van der Waals surface area contributed by atoms with E-state index in [4.69, 9.17) is 0 Å². The van der Waals surface area contributed by atoms with E-state index in [0.717, 1.165) is 12.1 Å². The van der Waals surface area contributed by atoms with Crippen molar-refractivity contribution in [2.45, 2.75) is 20.3 Å². The van der Waals surface area contributed by atoms with Gasteiger partial charge in [-0.3, -0.25) is 14.9 Å². The molecular weight excluding hydrogens is 292 g/mol. The van der Waals surface area contributed by atoms with Gasteiger partial charge in [-0.15, -0.1) is 0 Å². The second-order valence-corrected chi connectivity index (χ2v) is 6.11. The second-order valence-electron chi connectivity index (χ2n) is 6.11. The average Bonchev–Trinajstić information content (AvgIpc) is 2.52. The molecule has 0 bridgehead atoms. The molecule has 1 aliphatic rings. The monoisotopic (exact) mass is 310 g/mol. The van der Waals surface area contributed by atoms with E-state index in [-0.39, 0.29) is 11.6 Å². The van der Waals surface area contributed by atoms with Crippen LogP contribution >= 0.6 is 0 Å². The zero-order valence-electron chi connectivity index (χ0n) is 13.2. The molecule has 118 valence electrons. The van der Waals surface area contributed by atoms with Crippen LogP contribution in [0.4, 0.5) is 11.4 Å². The Morgan fingerprint density at radius 1 is 1.26 bits per heavy atom.